The van der Waals surface area contributed by atoms with Crippen molar-refractivity contribution in [2.75, 3.05) is 6.54 Å². The van der Waals surface area contributed by atoms with Crippen LogP contribution in [-0.2, 0) is 28.3 Å². The maximum Gasteiger partial charge on any atom is 0.419 e. The monoisotopic (exact) mass is 431 g/mol. The first-order chi connectivity index (χ1) is 14.2. The van der Waals surface area contributed by atoms with E-state index in [0.29, 0.717) is 18.5 Å². The molecule has 2 N–H and O–H groups in total. The molecule has 0 aliphatic carbocycles. The van der Waals surface area contributed by atoms with Crippen molar-refractivity contribution < 1.29 is 17.6 Å². The van der Waals surface area contributed by atoms with Crippen LogP contribution >= 0.6 is 0 Å². The molecule has 0 fully saturated rings. The van der Waals surface area contributed by atoms with E-state index in [-0.39, 0.29) is 16.4 Å². The van der Waals surface area contributed by atoms with Gasteiger partial charge < -0.3 is 9.73 Å². The third-order valence-corrected chi connectivity index (χ3v) is 6.30. The number of hydrogen-bond donors (Lipinski definition) is 2. The number of oxazole rings is 1. The van der Waals surface area contributed by atoms with Gasteiger partial charge in [0, 0.05) is 19.7 Å². The lowest BCUT2D eigenvalue weighted by Gasteiger charge is -2.21. The number of aromatic nitrogens is 1. The molecule has 0 unspecified atom stereocenters. The standard InChI is InChI=1S/C21H25N3O5S/c1-14(2)19(20(25)22-12-11-15-7-5-4-6-8-15)23-30(27,28)16-9-10-17-18(13-16)29-21(26)24(17)3/h4-10,13-14,19,23H,11-12H2,1-3H3,(H,22,25)/t19-/m1/s1. The Hall–Kier alpha value is -2.91. The third kappa shape index (κ3) is 4.80. The Morgan fingerprint density at radius 3 is 2.50 bits per heavy atom. The summed E-state index contributed by atoms with van der Waals surface area (Å²) in [6.45, 7) is 3.93. The quantitative estimate of drug-likeness (QED) is 0.565. The van der Waals surface area contributed by atoms with E-state index in [1.54, 1.807) is 13.8 Å². The molecule has 0 radical (unpaired) electrons. The molecule has 160 valence electrons. The maximum absolute atomic E-state index is 12.9. The van der Waals surface area contributed by atoms with E-state index >= 15 is 0 Å². The van der Waals surface area contributed by atoms with Gasteiger partial charge in [0.1, 0.15) is 6.04 Å². The van der Waals surface area contributed by atoms with Crippen LogP contribution in [-0.4, -0.2) is 31.5 Å². The summed E-state index contributed by atoms with van der Waals surface area (Å²) in [6.07, 6.45) is 0.647. The second-order valence-corrected chi connectivity index (χ2v) is 9.14. The van der Waals surface area contributed by atoms with Crippen molar-refractivity contribution in [1.29, 1.82) is 0 Å². The number of carbonyl (C=O) groups is 1. The number of sulfonamides is 1. The SMILES string of the molecule is CC(C)[C@@H](NS(=O)(=O)c1ccc2c(c1)oc(=O)n2C)C(=O)NCCc1ccccc1. The Kier molecular flexibility index (Phi) is 6.42. The largest absolute Gasteiger partial charge is 0.419 e. The lowest BCUT2D eigenvalue weighted by molar-refractivity contribution is -0.123. The average Bonchev–Trinajstić information content (AvgIpc) is 3.00. The Balaban J connectivity index is 1.73. The molecule has 0 saturated carbocycles. The summed E-state index contributed by atoms with van der Waals surface area (Å²) in [5.41, 5.74) is 1.73. The number of amides is 1. The van der Waals surface area contributed by atoms with E-state index in [4.69, 9.17) is 4.42 Å². The first kappa shape index (κ1) is 21.8. The molecule has 0 spiro atoms. The zero-order chi connectivity index (χ0) is 21.9. The summed E-state index contributed by atoms with van der Waals surface area (Å²) in [7, 11) is -2.47. The molecule has 0 aliphatic rings. The van der Waals surface area contributed by atoms with Crippen molar-refractivity contribution in [2.24, 2.45) is 13.0 Å². The van der Waals surface area contributed by atoms with Crippen LogP contribution in [0.2, 0.25) is 0 Å². The maximum atomic E-state index is 12.9. The molecular weight excluding hydrogens is 406 g/mol. The summed E-state index contributed by atoms with van der Waals surface area (Å²) in [5.74, 6) is -1.24. The highest BCUT2D eigenvalue weighted by Gasteiger charge is 2.28. The number of hydrogen-bond acceptors (Lipinski definition) is 5. The van der Waals surface area contributed by atoms with Crippen molar-refractivity contribution in [1.82, 2.24) is 14.6 Å². The van der Waals surface area contributed by atoms with Crippen molar-refractivity contribution >= 4 is 27.0 Å². The highest BCUT2D eigenvalue weighted by Crippen LogP contribution is 2.19. The third-order valence-electron chi connectivity index (χ3n) is 4.86. The van der Waals surface area contributed by atoms with Gasteiger partial charge in [0.2, 0.25) is 15.9 Å². The minimum atomic E-state index is -4.00. The summed E-state index contributed by atoms with van der Waals surface area (Å²) < 4.78 is 34.6. The van der Waals surface area contributed by atoms with Crippen LogP contribution in [0.25, 0.3) is 11.1 Å². The fraction of sp³-hybridized carbons (Fsp3) is 0.333. The fourth-order valence-corrected chi connectivity index (χ4v) is 4.45. The highest BCUT2D eigenvalue weighted by atomic mass is 32.2. The number of benzene rings is 2. The van der Waals surface area contributed by atoms with Gasteiger partial charge in [-0.15, -0.1) is 0 Å². The summed E-state index contributed by atoms with van der Waals surface area (Å²) in [4.78, 5) is 24.2. The average molecular weight is 432 g/mol. The molecule has 3 aromatic rings. The van der Waals surface area contributed by atoms with E-state index in [1.807, 2.05) is 30.3 Å². The summed E-state index contributed by atoms with van der Waals surface area (Å²) in [5, 5.41) is 2.80. The van der Waals surface area contributed by atoms with Crippen LogP contribution in [0, 0.1) is 5.92 Å². The normalized spacial score (nSPS) is 12.9. The molecule has 1 atom stereocenters. The number of carbonyl (C=O) groups excluding carboxylic acids is 1. The summed E-state index contributed by atoms with van der Waals surface area (Å²) in [6, 6.07) is 12.9. The second-order valence-electron chi connectivity index (χ2n) is 7.43. The van der Waals surface area contributed by atoms with Crippen LogP contribution < -0.4 is 15.8 Å². The molecule has 1 amide bonds. The zero-order valence-corrected chi connectivity index (χ0v) is 17.9. The van der Waals surface area contributed by atoms with Gasteiger partial charge in [-0.3, -0.25) is 9.36 Å². The van der Waals surface area contributed by atoms with Crippen molar-refractivity contribution in [3.8, 4) is 0 Å². The van der Waals surface area contributed by atoms with Gasteiger partial charge in [-0.05, 0) is 30.0 Å². The van der Waals surface area contributed by atoms with Crippen LogP contribution in [0.15, 0.2) is 62.6 Å². The minimum absolute atomic E-state index is 0.0768. The van der Waals surface area contributed by atoms with Crippen molar-refractivity contribution in [3.05, 3.63) is 64.6 Å². The Bertz CT molecular complexity index is 1200. The van der Waals surface area contributed by atoms with E-state index in [2.05, 4.69) is 10.0 Å². The second kappa shape index (κ2) is 8.85. The molecule has 9 heteroatoms. The van der Waals surface area contributed by atoms with Gasteiger partial charge in [-0.2, -0.15) is 4.72 Å². The lowest BCUT2D eigenvalue weighted by atomic mass is 10.0. The van der Waals surface area contributed by atoms with Gasteiger partial charge in [-0.1, -0.05) is 44.2 Å². The Morgan fingerprint density at radius 2 is 1.83 bits per heavy atom. The first-order valence-corrected chi connectivity index (χ1v) is 11.1. The zero-order valence-electron chi connectivity index (χ0n) is 17.1. The molecule has 0 aliphatic heterocycles. The van der Waals surface area contributed by atoms with E-state index in [0.717, 1.165) is 5.56 Å². The molecule has 2 aromatic carbocycles. The van der Waals surface area contributed by atoms with Gasteiger partial charge in [0.05, 0.1) is 10.4 Å². The molecule has 1 aromatic heterocycles. The fourth-order valence-electron chi connectivity index (χ4n) is 3.09. The van der Waals surface area contributed by atoms with Gasteiger partial charge in [-0.25, -0.2) is 13.2 Å². The molecule has 1 heterocycles. The van der Waals surface area contributed by atoms with Gasteiger partial charge in [0.15, 0.2) is 5.58 Å². The topological polar surface area (TPSA) is 110 Å². The van der Waals surface area contributed by atoms with Gasteiger partial charge >= 0.3 is 5.76 Å². The number of rotatable bonds is 8. The molecule has 8 nitrogen and oxygen atoms in total. The van der Waals surface area contributed by atoms with Crippen molar-refractivity contribution in [2.45, 2.75) is 31.2 Å². The number of nitrogens with zero attached hydrogens (tertiary/aromatic N) is 1. The lowest BCUT2D eigenvalue weighted by Crippen LogP contribution is -2.49. The van der Waals surface area contributed by atoms with Crippen molar-refractivity contribution in [3.63, 3.8) is 0 Å². The smallest absolute Gasteiger partial charge is 0.408 e. The minimum Gasteiger partial charge on any atom is -0.408 e. The summed E-state index contributed by atoms with van der Waals surface area (Å²) >= 11 is 0. The number of aryl methyl sites for hydroxylation is 1. The first-order valence-electron chi connectivity index (χ1n) is 9.62. The predicted molar refractivity (Wildman–Crippen MR) is 114 cm³/mol. The van der Waals surface area contributed by atoms with Crippen LogP contribution in [0.1, 0.15) is 19.4 Å². The van der Waals surface area contributed by atoms with E-state index < -0.39 is 27.7 Å². The van der Waals surface area contributed by atoms with Gasteiger partial charge in [0.25, 0.3) is 0 Å². The number of nitrogens with one attached hydrogen (secondary N) is 2. The number of fused-ring (bicyclic) bond motifs is 1. The molecule has 0 bridgehead atoms. The molecule has 0 saturated heterocycles. The van der Waals surface area contributed by atoms with Crippen LogP contribution in [0.3, 0.4) is 0 Å². The van der Waals surface area contributed by atoms with E-state index in [9.17, 15) is 18.0 Å². The molecular formula is C21H25N3O5S. The van der Waals surface area contributed by atoms with Crippen LogP contribution in [0.5, 0.6) is 0 Å². The van der Waals surface area contributed by atoms with Crippen LogP contribution in [0.4, 0.5) is 0 Å². The predicted octanol–water partition coefficient (Wildman–Crippen LogP) is 1.79. The molecule has 3 rings (SSSR count). The van der Waals surface area contributed by atoms with E-state index in [1.165, 1.54) is 29.8 Å². The highest BCUT2D eigenvalue weighted by molar-refractivity contribution is 7.89. The Labute approximate surface area is 174 Å². The Morgan fingerprint density at radius 1 is 1.13 bits per heavy atom. The molecule has 30 heavy (non-hydrogen) atoms.